The van der Waals surface area contributed by atoms with Crippen molar-refractivity contribution < 1.29 is 4.79 Å². The van der Waals surface area contributed by atoms with Crippen molar-refractivity contribution in [1.82, 2.24) is 24.4 Å². The molecular weight excluding hydrogens is 511 g/mol. The third-order valence-electron chi connectivity index (χ3n) is 8.85. The molecule has 3 aliphatic carbocycles. The minimum absolute atomic E-state index is 0. The summed E-state index contributed by atoms with van der Waals surface area (Å²) in [6.07, 6.45) is 16.3. The molecule has 2 aromatic heterocycles. The summed E-state index contributed by atoms with van der Waals surface area (Å²) in [7, 11) is 0. The van der Waals surface area contributed by atoms with Gasteiger partial charge in [0.15, 0.2) is 17.0 Å². The molecule has 3 heterocycles. The van der Waals surface area contributed by atoms with Crippen LogP contribution in [0.15, 0.2) is 6.33 Å². The molecule has 37 heavy (non-hydrogen) atoms. The zero-order valence-corrected chi connectivity index (χ0v) is 23.2. The van der Waals surface area contributed by atoms with Gasteiger partial charge in [-0.15, -0.1) is 24.8 Å². The van der Waals surface area contributed by atoms with Crippen LogP contribution in [0.1, 0.15) is 89.5 Å². The fourth-order valence-electron chi connectivity index (χ4n) is 6.33. The number of hydrogen-bond donors (Lipinski definition) is 3. The van der Waals surface area contributed by atoms with Crippen molar-refractivity contribution >= 4 is 53.7 Å². The van der Waals surface area contributed by atoms with Gasteiger partial charge in [-0.1, -0.05) is 19.3 Å². The number of carbonyl (C=O) groups excluding carboxylic acids is 1. The van der Waals surface area contributed by atoms with Gasteiger partial charge in [0, 0.05) is 43.2 Å². The standard InChI is InChI=1S/C26H40N8O.2ClH/c27-18-8-10-19(11-9-18)30-26-31-23(22-24(32-26)34(16-28-22)21-6-1-2-7-21)29-20-12-14-33(15-13-20)25(35)17-4-3-5-17;;/h16-21H,1-15,27H2,(H2,29,30,31,32);2*1H. The van der Waals surface area contributed by atoms with Crippen LogP contribution in [0.2, 0.25) is 0 Å². The third-order valence-corrected chi connectivity index (χ3v) is 8.85. The van der Waals surface area contributed by atoms with Crippen LogP contribution in [0.3, 0.4) is 0 Å². The molecule has 4 aliphatic rings. The second kappa shape index (κ2) is 12.3. The van der Waals surface area contributed by atoms with E-state index in [0.29, 0.717) is 30.0 Å². The first-order chi connectivity index (χ1) is 17.1. The minimum Gasteiger partial charge on any atom is -0.365 e. The van der Waals surface area contributed by atoms with Crippen LogP contribution < -0.4 is 16.4 Å². The van der Waals surface area contributed by atoms with Crippen LogP contribution >= 0.6 is 24.8 Å². The van der Waals surface area contributed by atoms with Crippen molar-refractivity contribution in [3.63, 3.8) is 0 Å². The summed E-state index contributed by atoms with van der Waals surface area (Å²) in [5, 5.41) is 7.32. The van der Waals surface area contributed by atoms with Crippen LogP contribution in [-0.2, 0) is 4.79 Å². The Hall–Kier alpha value is -1.84. The SMILES string of the molecule is Cl.Cl.NC1CCC(Nc2nc(NC3CCN(C(=O)C4CCC4)CC3)c3ncn(C4CCCC4)c3n2)CC1. The van der Waals surface area contributed by atoms with E-state index in [4.69, 9.17) is 20.7 Å². The van der Waals surface area contributed by atoms with Crippen molar-refractivity contribution in [2.45, 2.75) is 108 Å². The fourth-order valence-corrected chi connectivity index (χ4v) is 6.33. The maximum Gasteiger partial charge on any atom is 0.227 e. The van der Waals surface area contributed by atoms with E-state index in [0.717, 1.165) is 81.4 Å². The number of amides is 1. The average molecular weight is 554 g/mol. The molecule has 1 aliphatic heterocycles. The summed E-state index contributed by atoms with van der Waals surface area (Å²) in [4.78, 5) is 29.4. The number of anilines is 2. The first-order valence-corrected chi connectivity index (χ1v) is 14.0. The van der Waals surface area contributed by atoms with Gasteiger partial charge in [0.25, 0.3) is 0 Å². The predicted octanol–water partition coefficient (Wildman–Crippen LogP) is 4.67. The van der Waals surface area contributed by atoms with Crippen LogP contribution in [0.5, 0.6) is 0 Å². The van der Waals surface area contributed by atoms with E-state index < -0.39 is 0 Å². The molecule has 11 heteroatoms. The molecule has 0 aromatic carbocycles. The lowest BCUT2D eigenvalue weighted by Crippen LogP contribution is -2.46. The number of nitrogens with two attached hydrogens (primary N) is 1. The second-order valence-electron chi connectivity index (χ2n) is 11.3. The molecule has 3 saturated carbocycles. The van der Waals surface area contributed by atoms with Crippen molar-refractivity contribution in [3.05, 3.63) is 6.33 Å². The summed E-state index contributed by atoms with van der Waals surface area (Å²) < 4.78 is 2.27. The number of likely N-dealkylation sites (tertiary alicyclic amines) is 1. The van der Waals surface area contributed by atoms with Gasteiger partial charge in [-0.25, -0.2) is 4.98 Å². The Balaban J connectivity index is 0.00000160. The number of nitrogens with one attached hydrogen (secondary N) is 2. The van der Waals surface area contributed by atoms with Gasteiger partial charge < -0.3 is 25.8 Å². The van der Waals surface area contributed by atoms with E-state index in [2.05, 4.69) is 20.1 Å². The Morgan fingerprint density at radius 1 is 0.838 bits per heavy atom. The third kappa shape index (κ3) is 6.09. The molecule has 206 valence electrons. The molecule has 4 fully saturated rings. The number of piperidine rings is 1. The molecule has 0 atom stereocenters. The highest BCUT2D eigenvalue weighted by molar-refractivity contribution is 5.86. The van der Waals surface area contributed by atoms with E-state index in [1.54, 1.807) is 0 Å². The van der Waals surface area contributed by atoms with Gasteiger partial charge in [0.2, 0.25) is 11.9 Å². The average Bonchev–Trinajstić information content (AvgIpc) is 3.50. The number of hydrogen-bond acceptors (Lipinski definition) is 7. The lowest BCUT2D eigenvalue weighted by Gasteiger charge is -2.37. The molecule has 0 bridgehead atoms. The van der Waals surface area contributed by atoms with Gasteiger partial charge in [0.1, 0.15) is 0 Å². The lowest BCUT2D eigenvalue weighted by molar-refractivity contribution is -0.139. The molecule has 0 spiro atoms. The summed E-state index contributed by atoms with van der Waals surface area (Å²) in [5.41, 5.74) is 7.91. The monoisotopic (exact) mass is 552 g/mol. The highest BCUT2D eigenvalue weighted by Gasteiger charge is 2.32. The normalized spacial score (nSPS) is 25.3. The van der Waals surface area contributed by atoms with Crippen LogP contribution in [0.25, 0.3) is 11.2 Å². The molecule has 9 nitrogen and oxygen atoms in total. The largest absolute Gasteiger partial charge is 0.365 e. The summed E-state index contributed by atoms with van der Waals surface area (Å²) in [6.45, 7) is 1.65. The molecular formula is C26H42Cl2N8O. The molecule has 1 amide bonds. The van der Waals surface area contributed by atoms with E-state index in [-0.39, 0.29) is 36.8 Å². The number of nitrogens with zero attached hydrogens (tertiary/aromatic N) is 5. The molecule has 6 rings (SSSR count). The Bertz CT molecular complexity index is 1040. The topological polar surface area (TPSA) is 114 Å². The molecule has 4 N–H and O–H groups in total. The minimum atomic E-state index is 0. The maximum absolute atomic E-state index is 12.7. The molecule has 0 radical (unpaired) electrons. The van der Waals surface area contributed by atoms with Crippen molar-refractivity contribution in [1.29, 1.82) is 0 Å². The van der Waals surface area contributed by atoms with Gasteiger partial charge in [-0.2, -0.15) is 9.97 Å². The number of imidazole rings is 1. The smallest absolute Gasteiger partial charge is 0.227 e. The fraction of sp³-hybridized carbons (Fsp3) is 0.769. The zero-order valence-electron chi connectivity index (χ0n) is 21.6. The Kier molecular flexibility index (Phi) is 9.40. The molecule has 1 saturated heterocycles. The highest BCUT2D eigenvalue weighted by atomic mass is 35.5. The molecule has 2 aromatic rings. The van der Waals surface area contributed by atoms with Gasteiger partial charge in [0.05, 0.1) is 6.33 Å². The summed E-state index contributed by atoms with van der Waals surface area (Å²) >= 11 is 0. The number of carbonyl (C=O) groups is 1. The number of fused-ring (bicyclic) bond motifs is 1. The first kappa shape index (κ1) is 28.2. The van der Waals surface area contributed by atoms with Crippen LogP contribution in [0.4, 0.5) is 11.8 Å². The number of aromatic nitrogens is 4. The van der Waals surface area contributed by atoms with Crippen molar-refractivity contribution in [2.75, 3.05) is 23.7 Å². The number of halogens is 2. The second-order valence-corrected chi connectivity index (χ2v) is 11.3. The van der Waals surface area contributed by atoms with E-state index in [1.807, 2.05) is 6.33 Å². The van der Waals surface area contributed by atoms with E-state index in [9.17, 15) is 4.79 Å². The van der Waals surface area contributed by atoms with Crippen molar-refractivity contribution in [3.8, 4) is 0 Å². The van der Waals surface area contributed by atoms with Gasteiger partial charge in [-0.3, -0.25) is 4.79 Å². The summed E-state index contributed by atoms with van der Waals surface area (Å²) in [5.74, 6) is 2.17. The first-order valence-electron chi connectivity index (χ1n) is 14.0. The van der Waals surface area contributed by atoms with Crippen LogP contribution in [0, 0.1) is 5.92 Å². The van der Waals surface area contributed by atoms with E-state index >= 15 is 0 Å². The Labute approximate surface area is 231 Å². The Morgan fingerprint density at radius 3 is 2.16 bits per heavy atom. The van der Waals surface area contributed by atoms with Gasteiger partial charge in [-0.05, 0) is 64.2 Å². The van der Waals surface area contributed by atoms with Crippen molar-refractivity contribution in [2.24, 2.45) is 11.7 Å². The van der Waals surface area contributed by atoms with E-state index in [1.165, 1.54) is 32.1 Å². The lowest BCUT2D eigenvalue weighted by atomic mass is 9.84. The highest BCUT2D eigenvalue weighted by Crippen LogP contribution is 2.34. The summed E-state index contributed by atoms with van der Waals surface area (Å²) in [6, 6.07) is 1.45. The van der Waals surface area contributed by atoms with Gasteiger partial charge >= 0.3 is 0 Å². The maximum atomic E-state index is 12.7. The zero-order chi connectivity index (χ0) is 23.8. The molecule has 0 unspecified atom stereocenters. The predicted molar refractivity (Wildman–Crippen MR) is 152 cm³/mol. The number of rotatable bonds is 6. The Morgan fingerprint density at radius 2 is 1.51 bits per heavy atom. The quantitative estimate of drug-likeness (QED) is 0.476. The van der Waals surface area contributed by atoms with Crippen LogP contribution in [-0.4, -0.2) is 61.5 Å².